The molecule has 0 unspecified atom stereocenters. The molecule has 2 rings (SSSR count). The quantitative estimate of drug-likeness (QED) is 0.881. The molecule has 0 spiro atoms. The second-order valence-corrected chi connectivity index (χ2v) is 5.52. The Kier molecular flexibility index (Phi) is 4.39. The molecule has 6 nitrogen and oxygen atoms in total. The van der Waals surface area contributed by atoms with Crippen LogP contribution in [0, 0.1) is 0 Å². The normalized spacial score (nSPS) is 14.3. The van der Waals surface area contributed by atoms with Gasteiger partial charge in [0.1, 0.15) is 5.71 Å². The van der Waals surface area contributed by atoms with Gasteiger partial charge in [-0.05, 0) is 18.2 Å². The predicted octanol–water partition coefficient (Wildman–Crippen LogP) is 1.72. The van der Waals surface area contributed by atoms with Gasteiger partial charge in [0.2, 0.25) is 5.91 Å². The minimum atomic E-state index is -0.300. The molecule has 1 aliphatic rings. The molecule has 2 N–H and O–H groups in total. The highest BCUT2D eigenvalue weighted by Crippen LogP contribution is 2.28. The molecule has 1 heterocycles. The summed E-state index contributed by atoms with van der Waals surface area (Å²) in [4.78, 5) is 25.1. The Bertz CT molecular complexity index is 584. The number of carbonyl (C=O) groups is 2. The molecule has 0 saturated carbocycles. The van der Waals surface area contributed by atoms with Crippen molar-refractivity contribution in [1.29, 1.82) is 0 Å². The van der Waals surface area contributed by atoms with Crippen molar-refractivity contribution in [3.05, 3.63) is 22.7 Å². The van der Waals surface area contributed by atoms with E-state index in [4.69, 9.17) is 0 Å². The van der Waals surface area contributed by atoms with E-state index in [9.17, 15) is 9.59 Å². The van der Waals surface area contributed by atoms with E-state index in [-0.39, 0.29) is 18.2 Å². The molecular formula is C13H15BrN4O2. The fourth-order valence-corrected chi connectivity index (χ4v) is 2.19. The molecule has 0 aliphatic carbocycles. The zero-order valence-electron chi connectivity index (χ0n) is 11.2. The lowest BCUT2D eigenvalue weighted by Crippen LogP contribution is -2.33. The molecule has 0 saturated heterocycles. The Balaban J connectivity index is 2.19. The topological polar surface area (TPSA) is 73.8 Å². The van der Waals surface area contributed by atoms with Gasteiger partial charge >= 0.3 is 0 Å². The molecule has 1 aromatic rings. The number of nitrogens with one attached hydrogen (secondary N) is 2. The molecule has 0 bridgehead atoms. The average Bonchev–Trinajstić information content (AvgIpc) is 2.39. The maximum absolute atomic E-state index is 12.1. The van der Waals surface area contributed by atoms with E-state index in [0.29, 0.717) is 17.8 Å². The number of hydrogen-bond donors (Lipinski definition) is 2. The van der Waals surface area contributed by atoms with Crippen molar-refractivity contribution in [1.82, 2.24) is 5.43 Å². The third kappa shape index (κ3) is 3.36. The van der Waals surface area contributed by atoms with E-state index in [1.54, 1.807) is 0 Å². The average molecular weight is 339 g/mol. The van der Waals surface area contributed by atoms with Gasteiger partial charge < -0.3 is 10.2 Å². The van der Waals surface area contributed by atoms with Gasteiger partial charge in [0.05, 0.1) is 11.4 Å². The number of hydrazone groups is 1. The predicted molar refractivity (Wildman–Crippen MR) is 81.9 cm³/mol. The first-order valence-electron chi connectivity index (χ1n) is 6.11. The fraction of sp³-hybridized carbons (Fsp3) is 0.308. The number of benzene rings is 1. The van der Waals surface area contributed by atoms with Gasteiger partial charge in [-0.2, -0.15) is 5.10 Å². The van der Waals surface area contributed by atoms with Crippen LogP contribution < -0.4 is 15.6 Å². The molecule has 2 amide bonds. The summed E-state index contributed by atoms with van der Waals surface area (Å²) in [5.41, 5.74) is 4.22. The Morgan fingerprint density at radius 1 is 1.40 bits per heavy atom. The van der Waals surface area contributed by atoms with Crippen LogP contribution in [0.2, 0.25) is 0 Å². The first-order chi connectivity index (χ1) is 9.47. The fourth-order valence-electron chi connectivity index (χ4n) is 1.83. The minimum absolute atomic E-state index is 0.169. The SMILES string of the molecule is CN(C)c1ccc(Br)cc1NC(=O)C1=NNC(=O)CC1. The molecule has 1 aliphatic heterocycles. The summed E-state index contributed by atoms with van der Waals surface area (Å²) in [5.74, 6) is -0.468. The van der Waals surface area contributed by atoms with E-state index in [1.165, 1.54) is 0 Å². The number of hydrogen-bond acceptors (Lipinski definition) is 4. The highest BCUT2D eigenvalue weighted by molar-refractivity contribution is 9.10. The number of amides is 2. The summed E-state index contributed by atoms with van der Waals surface area (Å²) >= 11 is 3.38. The lowest BCUT2D eigenvalue weighted by molar-refractivity contribution is -0.121. The smallest absolute Gasteiger partial charge is 0.271 e. The number of anilines is 2. The van der Waals surface area contributed by atoms with E-state index >= 15 is 0 Å². The first kappa shape index (κ1) is 14.5. The van der Waals surface area contributed by atoms with Crippen LogP contribution in [0.1, 0.15) is 12.8 Å². The third-order valence-electron chi connectivity index (χ3n) is 2.86. The molecule has 7 heteroatoms. The Hall–Kier alpha value is -1.89. The van der Waals surface area contributed by atoms with Gasteiger partial charge in [0.25, 0.3) is 5.91 Å². The third-order valence-corrected chi connectivity index (χ3v) is 3.35. The maximum atomic E-state index is 12.1. The Labute approximate surface area is 125 Å². The molecule has 0 atom stereocenters. The molecule has 0 fully saturated rings. The van der Waals surface area contributed by atoms with Crippen LogP contribution in [-0.4, -0.2) is 31.6 Å². The van der Waals surface area contributed by atoms with E-state index in [0.717, 1.165) is 10.2 Å². The number of carbonyl (C=O) groups excluding carboxylic acids is 2. The van der Waals surface area contributed by atoms with Gasteiger partial charge in [-0.3, -0.25) is 9.59 Å². The number of nitrogens with zero attached hydrogens (tertiary/aromatic N) is 2. The first-order valence-corrected chi connectivity index (χ1v) is 6.90. The second-order valence-electron chi connectivity index (χ2n) is 4.60. The molecule has 106 valence electrons. The van der Waals surface area contributed by atoms with Crippen molar-refractivity contribution in [2.24, 2.45) is 5.10 Å². The molecule has 1 aromatic carbocycles. The highest BCUT2D eigenvalue weighted by atomic mass is 79.9. The van der Waals surface area contributed by atoms with Crippen molar-refractivity contribution < 1.29 is 9.59 Å². The molecule has 0 aromatic heterocycles. The summed E-state index contributed by atoms with van der Waals surface area (Å²) in [5, 5.41) is 6.61. The lowest BCUT2D eigenvalue weighted by Gasteiger charge is -2.19. The molecular weight excluding hydrogens is 324 g/mol. The van der Waals surface area contributed by atoms with Gasteiger partial charge in [-0.25, -0.2) is 5.43 Å². The van der Waals surface area contributed by atoms with Crippen LogP contribution in [0.5, 0.6) is 0 Å². The van der Waals surface area contributed by atoms with Crippen molar-refractivity contribution in [3.8, 4) is 0 Å². The summed E-state index contributed by atoms with van der Waals surface area (Å²) in [6, 6.07) is 5.64. The van der Waals surface area contributed by atoms with Crippen LogP contribution >= 0.6 is 15.9 Å². The minimum Gasteiger partial charge on any atom is -0.376 e. The number of rotatable bonds is 3. The molecule has 0 radical (unpaired) electrons. The maximum Gasteiger partial charge on any atom is 0.271 e. The summed E-state index contributed by atoms with van der Waals surface area (Å²) in [7, 11) is 3.80. The van der Waals surface area contributed by atoms with E-state index in [2.05, 4.69) is 31.8 Å². The second kappa shape index (κ2) is 6.04. The van der Waals surface area contributed by atoms with Crippen LogP contribution in [0.4, 0.5) is 11.4 Å². The largest absolute Gasteiger partial charge is 0.376 e. The highest BCUT2D eigenvalue weighted by Gasteiger charge is 2.19. The van der Waals surface area contributed by atoms with E-state index < -0.39 is 0 Å². The van der Waals surface area contributed by atoms with Crippen LogP contribution in [-0.2, 0) is 9.59 Å². The van der Waals surface area contributed by atoms with Crippen LogP contribution in [0.15, 0.2) is 27.8 Å². The zero-order valence-corrected chi connectivity index (χ0v) is 12.8. The van der Waals surface area contributed by atoms with Gasteiger partial charge in [-0.15, -0.1) is 0 Å². The summed E-state index contributed by atoms with van der Waals surface area (Å²) in [6.45, 7) is 0. The Morgan fingerprint density at radius 2 is 2.15 bits per heavy atom. The monoisotopic (exact) mass is 338 g/mol. The zero-order chi connectivity index (χ0) is 14.7. The van der Waals surface area contributed by atoms with Gasteiger partial charge in [0, 0.05) is 31.4 Å². The van der Waals surface area contributed by atoms with Gasteiger partial charge in [0.15, 0.2) is 0 Å². The Morgan fingerprint density at radius 3 is 2.75 bits per heavy atom. The standard InChI is InChI=1S/C13H15BrN4O2/c1-18(2)11-5-3-8(14)7-10(11)15-13(20)9-4-6-12(19)17-16-9/h3,5,7H,4,6H2,1-2H3,(H,15,20)(H,17,19). The lowest BCUT2D eigenvalue weighted by atomic mass is 10.1. The van der Waals surface area contributed by atoms with Crippen molar-refractivity contribution in [2.75, 3.05) is 24.3 Å². The van der Waals surface area contributed by atoms with Gasteiger partial charge in [-0.1, -0.05) is 15.9 Å². The number of halogens is 1. The van der Waals surface area contributed by atoms with Crippen LogP contribution in [0.3, 0.4) is 0 Å². The van der Waals surface area contributed by atoms with Crippen LogP contribution in [0.25, 0.3) is 0 Å². The van der Waals surface area contributed by atoms with Crippen molar-refractivity contribution >= 4 is 44.8 Å². The van der Waals surface area contributed by atoms with E-state index in [1.807, 2.05) is 37.2 Å². The summed E-state index contributed by atoms with van der Waals surface area (Å²) in [6.07, 6.45) is 0.633. The van der Waals surface area contributed by atoms with Crippen molar-refractivity contribution in [3.63, 3.8) is 0 Å². The van der Waals surface area contributed by atoms with Crippen molar-refractivity contribution in [2.45, 2.75) is 12.8 Å². The summed E-state index contributed by atoms with van der Waals surface area (Å²) < 4.78 is 0.872. The molecule has 20 heavy (non-hydrogen) atoms.